The third-order valence-corrected chi connectivity index (χ3v) is 5.93. The standard InChI is InChI=1S/C25H28FN3O/c1-17-7-2-5-12-22(17)28-25(29-23-15-20(26)13-14-24(23)30)27-16-19-10-6-9-18-8-3-4-11-21(18)19/h3-4,6,8-11,13-15,17,22,30H,2,5,7,12,16H2,1H3,(H2,27,28,29). The number of benzene rings is 3. The molecular weight excluding hydrogens is 377 g/mol. The molecule has 4 nitrogen and oxygen atoms in total. The van der Waals surface area contributed by atoms with Gasteiger partial charge in [0.05, 0.1) is 12.2 Å². The van der Waals surface area contributed by atoms with E-state index in [4.69, 9.17) is 4.99 Å². The van der Waals surface area contributed by atoms with E-state index >= 15 is 0 Å². The van der Waals surface area contributed by atoms with Crippen LogP contribution in [-0.2, 0) is 6.54 Å². The van der Waals surface area contributed by atoms with E-state index in [1.807, 2.05) is 18.2 Å². The van der Waals surface area contributed by atoms with Crippen LogP contribution in [0.3, 0.4) is 0 Å². The molecule has 2 atom stereocenters. The van der Waals surface area contributed by atoms with Crippen LogP contribution in [-0.4, -0.2) is 17.1 Å². The quantitative estimate of drug-likeness (QED) is 0.291. The van der Waals surface area contributed by atoms with E-state index in [1.165, 1.54) is 48.2 Å². The van der Waals surface area contributed by atoms with Gasteiger partial charge in [0.2, 0.25) is 0 Å². The fourth-order valence-corrected chi connectivity index (χ4v) is 4.16. The molecule has 3 N–H and O–H groups in total. The van der Waals surface area contributed by atoms with Crippen LogP contribution >= 0.6 is 0 Å². The van der Waals surface area contributed by atoms with Crippen molar-refractivity contribution in [2.24, 2.45) is 10.9 Å². The minimum atomic E-state index is -0.408. The van der Waals surface area contributed by atoms with Gasteiger partial charge >= 0.3 is 0 Å². The van der Waals surface area contributed by atoms with Gasteiger partial charge in [-0.25, -0.2) is 9.38 Å². The van der Waals surface area contributed by atoms with Crippen molar-refractivity contribution in [1.29, 1.82) is 0 Å². The first-order valence-corrected chi connectivity index (χ1v) is 10.6. The van der Waals surface area contributed by atoms with Crippen LogP contribution in [0.15, 0.2) is 65.7 Å². The van der Waals surface area contributed by atoms with E-state index in [1.54, 1.807) is 0 Å². The summed E-state index contributed by atoms with van der Waals surface area (Å²) in [7, 11) is 0. The topological polar surface area (TPSA) is 56.7 Å². The maximum atomic E-state index is 13.7. The lowest BCUT2D eigenvalue weighted by atomic mass is 9.86. The zero-order valence-corrected chi connectivity index (χ0v) is 17.2. The van der Waals surface area contributed by atoms with Crippen molar-refractivity contribution in [3.63, 3.8) is 0 Å². The number of aromatic hydroxyl groups is 1. The molecule has 0 aromatic heterocycles. The SMILES string of the molecule is CC1CCCCC1NC(=NCc1cccc2ccccc12)Nc1cc(F)ccc1O. The molecule has 0 aliphatic heterocycles. The zero-order valence-electron chi connectivity index (χ0n) is 17.2. The van der Waals surface area contributed by atoms with Gasteiger partial charge in [-0.2, -0.15) is 0 Å². The van der Waals surface area contributed by atoms with Gasteiger partial charge in [0, 0.05) is 12.1 Å². The predicted octanol–water partition coefficient (Wildman–Crippen LogP) is 5.82. The second kappa shape index (κ2) is 9.16. The van der Waals surface area contributed by atoms with Crippen molar-refractivity contribution >= 4 is 22.4 Å². The lowest BCUT2D eigenvalue weighted by Crippen LogP contribution is -2.44. The van der Waals surface area contributed by atoms with Crippen molar-refractivity contribution in [3.05, 3.63) is 72.0 Å². The van der Waals surface area contributed by atoms with Gasteiger partial charge in [0.1, 0.15) is 11.6 Å². The summed E-state index contributed by atoms with van der Waals surface area (Å²) < 4.78 is 13.7. The van der Waals surface area contributed by atoms with Crippen molar-refractivity contribution < 1.29 is 9.50 Å². The monoisotopic (exact) mass is 405 g/mol. The number of phenols is 1. The lowest BCUT2D eigenvalue weighted by molar-refractivity contribution is 0.308. The molecule has 4 rings (SSSR count). The predicted molar refractivity (Wildman–Crippen MR) is 121 cm³/mol. The maximum absolute atomic E-state index is 13.7. The Hall–Kier alpha value is -3.08. The number of halogens is 1. The maximum Gasteiger partial charge on any atom is 0.196 e. The summed E-state index contributed by atoms with van der Waals surface area (Å²) in [6.07, 6.45) is 4.69. The number of nitrogens with one attached hydrogen (secondary N) is 2. The smallest absolute Gasteiger partial charge is 0.196 e. The van der Waals surface area contributed by atoms with Gasteiger partial charge in [0.15, 0.2) is 5.96 Å². The number of aliphatic imine (C=N–C) groups is 1. The number of fused-ring (bicyclic) bond motifs is 1. The molecule has 1 saturated carbocycles. The highest BCUT2D eigenvalue weighted by Gasteiger charge is 2.22. The first-order valence-electron chi connectivity index (χ1n) is 10.6. The largest absolute Gasteiger partial charge is 0.506 e. The zero-order chi connectivity index (χ0) is 20.9. The number of phenolic OH excluding ortho intramolecular Hbond substituents is 1. The number of hydrogen-bond donors (Lipinski definition) is 3. The van der Waals surface area contributed by atoms with Crippen LogP contribution in [0.4, 0.5) is 10.1 Å². The molecular formula is C25H28FN3O. The van der Waals surface area contributed by atoms with Gasteiger partial charge in [-0.15, -0.1) is 0 Å². The van der Waals surface area contributed by atoms with Crippen molar-refractivity contribution in [2.45, 2.75) is 45.2 Å². The molecule has 0 saturated heterocycles. The molecule has 2 unspecified atom stereocenters. The minimum Gasteiger partial charge on any atom is -0.506 e. The average Bonchev–Trinajstić information content (AvgIpc) is 2.76. The van der Waals surface area contributed by atoms with Gasteiger partial charge in [-0.3, -0.25) is 0 Å². The van der Waals surface area contributed by atoms with Crippen molar-refractivity contribution in [3.8, 4) is 5.75 Å². The molecule has 0 bridgehead atoms. The molecule has 0 radical (unpaired) electrons. The number of hydrogen-bond acceptors (Lipinski definition) is 2. The first-order chi connectivity index (χ1) is 14.6. The van der Waals surface area contributed by atoms with E-state index in [-0.39, 0.29) is 5.75 Å². The Balaban J connectivity index is 1.62. The fraction of sp³-hybridized carbons (Fsp3) is 0.320. The molecule has 5 heteroatoms. The number of guanidine groups is 1. The molecule has 0 amide bonds. The third kappa shape index (κ3) is 4.73. The second-order valence-electron chi connectivity index (χ2n) is 8.10. The van der Waals surface area contributed by atoms with E-state index in [9.17, 15) is 9.50 Å². The molecule has 0 heterocycles. The fourth-order valence-electron chi connectivity index (χ4n) is 4.16. The molecule has 1 aliphatic carbocycles. The average molecular weight is 406 g/mol. The molecule has 156 valence electrons. The Kier molecular flexibility index (Phi) is 6.17. The van der Waals surface area contributed by atoms with E-state index in [2.05, 4.69) is 41.8 Å². The molecule has 0 spiro atoms. The van der Waals surface area contributed by atoms with Crippen LogP contribution in [0.2, 0.25) is 0 Å². The summed E-state index contributed by atoms with van der Waals surface area (Å²) in [6.45, 7) is 2.73. The number of nitrogens with zero attached hydrogens (tertiary/aromatic N) is 1. The summed E-state index contributed by atoms with van der Waals surface area (Å²) in [5, 5.41) is 19.2. The third-order valence-electron chi connectivity index (χ3n) is 5.93. The molecule has 30 heavy (non-hydrogen) atoms. The highest BCUT2D eigenvalue weighted by Crippen LogP contribution is 2.26. The summed E-state index contributed by atoms with van der Waals surface area (Å²) >= 11 is 0. The summed E-state index contributed by atoms with van der Waals surface area (Å²) in [5.74, 6) is 0.675. The van der Waals surface area contributed by atoms with Gasteiger partial charge in [-0.1, -0.05) is 62.2 Å². The Bertz CT molecular complexity index is 1040. The molecule has 1 fully saturated rings. The minimum absolute atomic E-state index is 0.00671. The highest BCUT2D eigenvalue weighted by atomic mass is 19.1. The first kappa shape index (κ1) is 20.2. The molecule has 3 aromatic carbocycles. The van der Waals surface area contributed by atoms with Crippen LogP contribution in [0.1, 0.15) is 38.2 Å². The summed E-state index contributed by atoms with van der Waals surface area (Å²) in [6, 6.07) is 18.6. The number of rotatable bonds is 4. The number of anilines is 1. The Morgan fingerprint density at radius 2 is 1.87 bits per heavy atom. The van der Waals surface area contributed by atoms with E-state index < -0.39 is 5.82 Å². The normalized spacial score (nSPS) is 19.6. The van der Waals surface area contributed by atoms with E-state index in [0.717, 1.165) is 12.0 Å². The van der Waals surface area contributed by atoms with Crippen molar-refractivity contribution in [2.75, 3.05) is 5.32 Å². The Morgan fingerprint density at radius 3 is 2.73 bits per heavy atom. The summed E-state index contributed by atoms with van der Waals surface area (Å²) in [5.41, 5.74) is 1.43. The highest BCUT2D eigenvalue weighted by molar-refractivity contribution is 5.95. The van der Waals surface area contributed by atoms with E-state index in [0.29, 0.717) is 30.2 Å². The van der Waals surface area contributed by atoms with Crippen LogP contribution < -0.4 is 10.6 Å². The molecule has 1 aliphatic rings. The Morgan fingerprint density at radius 1 is 1.07 bits per heavy atom. The lowest BCUT2D eigenvalue weighted by Gasteiger charge is -2.31. The van der Waals surface area contributed by atoms with Crippen molar-refractivity contribution in [1.82, 2.24) is 5.32 Å². The Labute approximate surface area is 176 Å². The van der Waals surface area contributed by atoms with Crippen LogP contribution in [0, 0.1) is 11.7 Å². The molecule has 3 aromatic rings. The van der Waals surface area contributed by atoms with Gasteiger partial charge < -0.3 is 15.7 Å². The van der Waals surface area contributed by atoms with Crippen LogP contribution in [0.5, 0.6) is 5.75 Å². The van der Waals surface area contributed by atoms with Gasteiger partial charge in [-0.05, 0) is 47.2 Å². The van der Waals surface area contributed by atoms with Gasteiger partial charge in [0.25, 0.3) is 0 Å². The summed E-state index contributed by atoms with van der Waals surface area (Å²) in [4.78, 5) is 4.80. The van der Waals surface area contributed by atoms with Crippen LogP contribution in [0.25, 0.3) is 10.8 Å². The second-order valence-corrected chi connectivity index (χ2v) is 8.10.